The van der Waals surface area contributed by atoms with E-state index in [-0.39, 0.29) is 5.97 Å². The Bertz CT molecular complexity index is 532. The van der Waals surface area contributed by atoms with E-state index in [0.29, 0.717) is 18.0 Å². The molecule has 0 saturated heterocycles. The average molecular weight is 230 g/mol. The Hall–Kier alpha value is -2.23. The smallest absolute Gasteiger partial charge is 0.355 e. The topological polar surface area (TPSA) is 68.1 Å². The molecule has 0 amide bonds. The molecule has 4 nitrogen and oxygen atoms in total. The number of hydrogen-bond donors (Lipinski definition) is 2. The first kappa shape index (κ1) is 11.3. The molecule has 17 heavy (non-hydrogen) atoms. The maximum absolute atomic E-state index is 11.7. The highest BCUT2D eigenvalue weighted by Gasteiger charge is 2.14. The van der Waals surface area contributed by atoms with Gasteiger partial charge in [-0.1, -0.05) is 12.1 Å². The molecule has 0 aliphatic rings. The van der Waals surface area contributed by atoms with Gasteiger partial charge >= 0.3 is 5.97 Å². The summed E-state index contributed by atoms with van der Waals surface area (Å²) in [7, 11) is 0. The summed E-state index contributed by atoms with van der Waals surface area (Å²) in [6.45, 7) is 2.13. The van der Waals surface area contributed by atoms with E-state index in [1.54, 1.807) is 19.2 Å². The van der Waals surface area contributed by atoms with Crippen molar-refractivity contribution in [2.24, 2.45) is 0 Å². The van der Waals surface area contributed by atoms with Crippen LogP contribution in [0.25, 0.3) is 11.1 Å². The molecule has 0 aliphatic heterocycles. The normalized spacial score (nSPS) is 10.2. The lowest BCUT2D eigenvalue weighted by Crippen LogP contribution is -2.06. The largest absolute Gasteiger partial charge is 0.461 e. The van der Waals surface area contributed by atoms with Crippen molar-refractivity contribution in [3.8, 4) is 11.1 Å². The van der Waals surface area contributed by atoms with Crippen molar-refractivity contribution < 1.29 is 9.53 Å². The van der Waals surface area contributed by atoms with Crippen LogP contribution in [0.4, 0.5) is 5.69 Å². The molecule has 3 N–H and O–H groups in total. The van der Waals surface area contributed by atoms with Gasteiger partial charge in [0.25, 0.3) is 0 Å². The fourth-order valence-electron chi connectivity index (χ4n) is 1.69. The Balaban J connectivity index is 2.40. The first-order valence-corrected chi connectivity index (χ1v) is 5.42. The number of hydrogen-bond acceptors (Lipinski definition) is 3. The summed E-state index contributed by atoms with van der Waals surface area (Å²) in [5, 5.41) is 0. The van der Waals surface area contributed by atoms with Crippen LogP contribution in [0.2, 0.25) is 0 Å². The van der Waals surface area contributed by atoms with E-state index in [0.717, 1.165) is 11.1 Å². The second-order valence-electron chi connectivity index (χ2n) is 3.61. The van der Waals surface area contributed by atoms with Gasteiger partial charge < -0.3 is 15.5 Å². The number of nitrogens with one attached hydrogen (secondary N) is 1. The number of nitrogen functional groups attached to an aromatic ring is 1. The summed E-state index contributed by atoms with van der Waals surface area (Å²) in [4.78, 5) is 14.6. The zero-order valence-corrected chi connectivity index (χ0v) is 9.57. The van der Waals surface area contributed by atoms with Crippen LogP contribution in [0.5, 0.6) is 0 Å². The quantitative estimate of drug-likeness (QED) is 0.628. The van der Waals surface area contributed by atoms with Crippen molar-refractivity contribution in [3.63, 3.8) is 0 Å². The van der Waals surface area contributed by atoms with Gasteiger partial charge in [-0.05, 0) is 30.7 Å². The molecule has 2 aromatic rings. The number of esters is 1. The van der Waals surface area contributed by atoms with E-state index in [4.69, 9.17) is 10.5 Å². The highest BCUT2D eigenvalue weighted by Crippen LogP contribution is 2.25. The molecule has 1 aromatic carbocycles. The van der Waals surface area contributed by atoms with Crippen LogP contribution < -0.4 is 5.73 Å². The highest BCUT2D eigenvalue weighted by molar-refractivity contribution is 5.95. The van der Waals surface area contributed by atoms with E-state index in [1.165, 1.54) is 0 Å². The second-order valence-corrected chi connectivity index (χ2v) is 3.61. The van der Waals surface area contributed by atoms with Gasteiger partial charge in [-0.15, -0.1) is 0 Å². The second kappa shape index (κ2) is 4.74. The number of carbonyl (C=O) groups is 1. The molecule has 0 atom stereocenters. The minimum atomic E-state index is -0.352. The van der Waals surface area contributed by atoms with Gasteiger partial charge in [-0.3, -0.25) is 0 Å². The SMILES string of the molecule is CCOC(=O)c1[nH]ccc1-c1cccc(N)c1. The van der Waals surface area contributed by atoms with Crippen molar-refractivity contribution in [3.05, 3.63) is 42.2 Å². The van der Waals surface area contributed by atoms with Crippen molar-refractivity contribution >= 4 is 11.7 Å². The monoisotopic (exact) mass is 230 g/mol. The van der Waals surface area contributed by atoms with Crippen molar-refractivity contribution in [1.82, 2.24) is 4.98 Å². The number of carbonyl (C=O) groups excluding carboxylic acids is 1. The van der Waals surface area contributed by atoms with E-state index in [1.807, 2.05) is 24.3 Å². The van der Waals surface area contributed by atoms with Crippen LogP contribution in [0.1, 0.15) is 17.4 Å². The van der Waals surface area contributed by atoms with Crippen molar-refractivity contribution in [1.29, 1.82) is 0 Å². The van der Waals surface area contributed by atoms with Gasteiger partial charge in [0, 0.05) is 17.4 Å². The summed E-state index contributed by atoms with van der Waals surface area (Å²) in [5.74, 6) is -0.352. The maximum atomic E-state index is 11.7. The third-order valence-electron chi connectivity index (χ3n) is 2.42. The lowest BCUT2D eigenvalue weighted by molar-refractivity contribution is 0.0521. The number of H-pyrrole nitrogens is 1. The third-order valence-corrected chi connectivity index (χ3v) is 2.42. The Kier molecular flexibility index (Phi) is 3.14. The molecule has 0 saturated carbocycles. The van der Waals surface area contributed by atoms with E-state index in [2.05, 4.69) is 4.98 Å². The standard InChI is InChI=1S/C13H14N2O2/c1-2-17-13(16)12-11(6-7-15-12)9-4-3-5-10(14)8-9/h3-8,15H,2,14H2,1H3. The zero-order chi connectivity index (χ0) is 12.3. The van der Waals surface area contributed by atoms with Gasteiger partial charge in [0.05, 0.1) is 6.61 Å². The number of benzene rings is 1. The number of nitrogens with two attached hydrogens (primary N) is 1. The zero-order valence-electron chi connectivity index (χ0n) is 9.57. The average Bonchev–Trinajstić information content (AvgIpc) is 2.78. The van der Waals surface area contributed by atoms with Crippen LogP contribution in [0.3, 0.4) is 0 Å². The Morgan fingerprint density at radius 1 is 1.41 bits per heavy atom. The molecule has 1 aromatic heterocycles. The summed E-state index contributed by atoms with van der Waals surface area (Å²) < 4.78 is 4.98. The summed E-state index contributed by atoms with van der Waals surface area (Å²) in [6, 6.07) is 9.22. The predicted octanol–water partition coefficient (Wildman–Crippen LogP) is 2.44. The van der Waals surface area contributed by atoms with Gasteiger partial charge in [0.15, 0.2) is 0 Å². The lowest BCUT2D eigenvalue weighted by Gasteiger charge is -2.04. The number of rotatable bonds is 3. The Labute approximate surface area is 99.4 Å². The van der Waals surface area contributed by atoms with Crippen LogP contribution in [0.15, 0.2) is 36.5 Å². The molecule has 2 rings (SSSR count). The van der Waals surface area contributed by atoms with Crippen LogP contribution >= 0.6 is 0 Å². The minimum Gasteiger partial charge on any atom is -0.461 e. The van der Waals surface area contributed by atoms with Crippen LogP contribution in [-0.2, 0) is 4.74 Å². The third kappa shape index (κ3) is 2.30. The summed E-state index contributed by atoms with van der Waals surface area (Å²) >= 11 is 0. The van der Waals surface area contributed by atoms with Gasteiger partial charge in [-0.2, -0.15) is 0 Å². The minimum absolute atomic E-state index is 0.352. The molecular formula is C13H14N2O2. The van der Waals surface area contributed by atoms with Crippen LogP contribution in [0, 0.1) is 0 Å². The van der Waals surface area contributed by atoms with Crippen molar-refractivity contribution in [2.75, 3.05) is 12.3 Å². The molecule has 0 spiro atoms. The molecule has 0 fully saturated rings. The summed E-state index contributed by atoms with van der Waals surface area (Å²) in [6.07, 6.45) is 1.71. The Morgan fingerprint density at radius 3 is 2.94 bits per heavy atom. The van der Waals surface area contributed by atoms with Crippen LogP contribution in [-0.4, -0.2) is 17.6 Å². The summed E-state index contributed by atoms with van der Waals surface area (Å²) in [5.41, 5.74) is 8.54. The van der Waals surface area contributed by atoms with E-state index >= 15 is 0 Å². The first-order valence-electron chi connectivity index (χ1n) is 5.42. The molecule has 0 radical (unpaired) electrons. The van der Waals surface area contributed by atoms with E-state index in [9.17, 15) is 4.79 Å². The number of ether oxygens (including phenoxy) is 1. The lowest BCUT2D eigenvalue weighted by atomic mass is 10.1. The number of anilines is 1. The van der Waals surface area contributed by atoms with Crippen molar-refractivity contribution in [2.45, 2.75) is 6.92 Å². The fraction of sp³-hybridized carbons (Fsp3) is 0.154. The first-order chi connectivity index (χ1) is 8.22. The predicted molar refractivity (Wildman–Crippen MR) is 66.6 cm³/mol. The maximum Gasteiger partial charge on any atom is 0.355 e. The van der Waals surface area contributed by atoms with E-state index < -0.39 is 0 Å². The van der Waals surface area contributed by atoms with Gasteiger partial charge in [-0.25, -0.2) is 4.79 Å². The molecule has 1 heterocycles. The van der Waals surface area contributed by atoms with Gasteiger partial charge in [0.2, 0.25) is 0 Å². The molecule has 0 bridgehead atoms. The highest BCUT2D eigenvalue weighted by atomic mass is 16.5. The molecule has 4 heteroatoms. The number of aromatic amines is 1. The fourth-order valence-corrected chi connectivity index (χ4v) is 1.69. The number of aromatic nitrogens is 1. The Morgan fingerprint density at radius 2 is 2.24 bits per heavy atom. The molecule has 88 valence electrons. The molecule has 0 aliphatic carbocycles. The molecule has 0 unspecified atom stereocenters. The molecular weight excluding hydrogens is 216 g/mol. The van der Waals surface area contributed by atoms with Gasteiger partial charge in [0.1, 0.15) is 5.69 Å².